The van der Waals surface area contributed by atoms with E-state index in [2.05, 4.69) is 279 Å². The molecule has 0 saturated heterocycles. The average Bonchev–Trinajstić information content (AvgIpc) is 0.751. The van der Waals surface area contributed by atoms with E-state index >= 15 is 0 Å². The maximum absolute atomic E-state index is 5.14. The second kappa shape index (κ2) is 28.6. The first-order valence-electron chi connectivity index (χ1n) is 35.5. The van der Waals surface area contributed by atoms with Crippen molar-refractivity contribution in [3.8, 4) is 146 Å². The van der Waals surface area contributed by atoms with Crippen LogP contribution in [0.25, 0.3) is 190 Å². The van der Waals surface area contributed by atoms with Crippen molar-refractivity contribution in [3.63, 3.8) is 0 Å². The quantitative estimate of drug-likeness (QED) is 0.105. The lowest BCUT2D eigenvalue weighted by atomic mass is 9.92. The molecule has 0 bridgehead atoms. The molecule has 4 aromatic heterocycles. The summed E-state index contributed by atoms with van der Waals surface area (Å²) in [6.07, 6.45) is 0. The molecular formula is C98H64N8. The summed E-state index contributed by atoms with van der Waals surface area (Å²) in [6, 6.07) is 135. The van der Waals surface area contributed by atoms with Gasteiger partial charge in [0.15, 0.2) is 34.9 Å². The van der Waals surface area contributed by atoms with Crippen LogP contribution in [0.5, 0.6) is 0 Å². The van der Waals surface area contributed by atoms with Gasteiger partial charge in [0, 0.05) is 76.8 Å². The Hall–Kier alpha value is -14.3. The summed E-state index contributed by atoms with van der Waals surface area (Å²) in [4.78, 5) is 40.0. The van der Waals surface area contributed by atoms with Crippen LogP contribution in [0.3, 0.4) is 0 Å². The summed E-state index contributed by atoms with van der Waals surface area (Å²) in [5.41, 5.74) is 23.2. The van der Waals surface area contributed by atoms with E-state index in [-0.39, 0.29) is 0 Å². The minimum absolute atomic E-state index is 0.630. The van der Waals surface area contributed by atoms with Crippen molar-refractivity contribution in [2.75, 3.05) is 0 Å². The Morgan fingerprint density at radius 3 is 0.717 bits per heavy atom. The molecule has 0 saturated carbocycles. The van der Waals surface area contributed by atoms with Gasteiger partial charge in [0.1, 0.15) is 0 Å². The van der Waals surface area contributed by atoms with E-state index in [0.29, 0.717) is 34.9 Å². The predicted molar refractivity (Wildman–Crippen MR) is 436 cm³/mol. The van der Waals surface area contributed by atoms with Crippen LogP contribution < -0.4 is 0 Å². The molecule has 19 rings (SSSR count). The van der Waals surface area contributed by atoms with Crippen LogP contribution in [0.15, 0.2) is 388 Å². The van der Waals surface area contributed by atoms with E-state index in [1.165, 1.54) is 27.5 Å². The summed E-state index contributed by atoms with van der Waals surface area (Å²) in [7, 11) is 0. The highest BCUT2D eigenvalue weighted by Crippen LogP contribution is 2.42. The zero-order chi connectivity index (χ0) is 70.5. The van der Waals surface area contributed by atoms with E-state index in [4.69, 9.17) is 39.9 Å². The van der Waals surface area contributed by atoms with Crippen LogP contribution in [0.2, 0.25) is 0 Å². The second-order valence-electron chi connectivity index (χ2n) is 26.1. The number of aromatic nitrogens is 8. The summed E-state index contributed by atoms with van der Waals surface area (Å²) in [5.74, 6) is 3.85. The van der Waals surface area contributed by atoms with Crippen LogP contribution in [0.1, 0.15) is 0 Å². The van der Waals surface area contributed by atoms with Gasteiger partial charge in [-0.15, -0.1) is 0 Å². The number of hydrogen-bond donors (Lipinski definition) is 0. The number of para-hydroxylation sites is 2. The van der Waals surface area contributed by atoms with Crippen LogP contribution in [-0.4, -0.2) is 39.9 Å². The van der Waals surface area contributed by atoms with Crippen LogP contribution in [0.4, 0.5) is 0 Å². The van der Waals surface area contributed by atoms with E-state index in [9.17, 15) is 0 Å². The van der Waals surface area contributed by atoms with Crippen molar-refractivity contribution in [3.05, 3.63) is 388 Å². The van der Waals surface area contributed by atoms with Gasteiger partial charge in [0.05, 0.1) is 22.4 Å². The molecule has 0 amide bonds. The maximum Gasteiger partial charge on any atom is 0.164 e. The Balaban J connectivity index is 0.000000151. The van der Waals surface area contributed by atoms with Crippen molar-refractivity contribution >= 4 is 43.4 Å². The molecule has 15 aromatic carbocycles. The fourth-order valence-electron chi connectivity index (χ4n) is 14.2. The first-order valence-corrected chi connectivity index (χ1v) is 35.5. The average molecular weight is 1350 g/mol. The number of hydrogen-bond acceptors (Lipinski definition) is 8. The Labute approximate surface area is 614 Å². The Morgan fingerprint density at radius 1 is 0.132 bits per heavy atom. The van der Waals surface area contributed by atoms with Crippen molar-refractivity contribution in [1.82, 2.24) is 39.9 Å². The lowest BCUT2D eigenvalue weighted by Crippen LogP contribution is -2.00. The van der Waals surface area contributed by atoms with Gasteiger partial charge in [-0.25, -0.2) is 39.9 Å². The number of nitrogens with zero attached hydrogens (tertiary/aromatic N) is 8. The predicted octanol–water partition coefficient (Wildman–Crippen LogP) is 24.8. The van der Waals surface area contributed by atoms with Crippen molar-refractivity contribution in [2.24, 2.45) is 0 Å². The zero-order valence-corrected chi connectivity index (χ0v) is 57.5. The SMILES string of the molecule is c1ccc(-c2ccc(-c3nc(-c4ccccc4)nc(-c4cccc(-c5ccc(-c6cccc7c(-c8ccccc8)nc8ccccc8c67)cc5)c4)n3)cc2)cc1.c1ccc(-c2nc(-c3ccccc3)nc(-c3cccc(-c4ccc(-c5cccc6c(-c7ccccc7)nc7ccccc7c56)cc4)c3)n2)cc1. The minimum Gasteiger partial charge on any atom is -0.247 e. The van der Waals surface area contributed by atoms with Gasteiger partial charge in [-0.05, 0) is 79.9 Å². The molecule has 0 aliphatic carbocycles. The van der Waals surface area contributed by atoms with Gasteiger partial charge in [-0.1, -0.05) is 364 Å². The molecule has 4 heterocycles. The molecule has 0 fully saturated rings. The van der Waals surface area contributed by atoms with Crippen LogP contribution in [-0.2, 0) is 0 Å². The van der Waals surface area contributed by atoms with E-state index in [1.807, 2.05) is 109 Å². The van der Waals surface area contributed by atoms with Crippen LogP contribution in [0, 0.1) is 0 Å². The smallest absolute Gasteiger partial charge is 0.164 e. The monoisotopic (exact) mass is 1350 g/mol. The molecule has 0 aliphatic heterocycles. The molecule has 106 heavy (non-hydrogen) atoms. The number of benzene rings is 15. The van der Waals surface area contributed by atoms with Gasteiger partial charge in [0.25, 0.3) is 0 Å². The first-order chi connectivity index (χ1) is 52.5. The number of fused-ring (bicyclic) bond motifs is 6. The molecule has 8 heteroatoms. The molecule has 8 nitrogen and oxygen atoms in total. The van der Waals surface area contributed by atoms with E-state index < -0.39 is 0 Å². The second-order valence-corrected chi connectivity index (χ2v) is 26.1. The molecule has 0 aliphatic rings. The van der Waals surface area contributed by atoms with Gasteiger partial charge in [-0.2, -0.15) is 0 Å². The highest BCUT2D eigenvalue weighted by atomic mass is 15.0. The fourth-order valence-corrected chi connectivity index (χ4v) is 14.2. The topological polar surface area (TPSA) is 103 Å². The Bertz CT molecular complexity index is 6330. The van der Waals surface area contributed by atoms with Crippen molar-refractivity contribution in [1.29, 1.82) is 0 Å². The Morgan fingerprint density at radius 2 is 0.358 bits per heavy atom. The van der Waals surface area contributed by atoms with Crippen molar-refractivity contribution in [2.45, 2.75) is 0 Å². The van der Waals surface area contributed by atoms with E-state index in [1.54, 1.807) is 0 Å². The third-order valence-corrected chi connectivity index (χ3v) is 19.5. The fraction of sp³-hybridized carbons (Fsp3) is 0. The minimum atomic E-state index is 0.630. The summed E-state index contributed by atoms with van der Waals surface area (Å²) in [5, 5.41) is 7.00. The molecule has 19 aromatic rings. The molecule has 0 spiro atoms. The normalized spacial score (nSPS) is 11.2. The van der Waals surface area contributed by atoms with Gasteiger partial charge in [-0.3, -0.25) is 0 Å². The van der Waals surface area contributed by atoms with Gasteiger partial charge >= 0.3 is 0 Å². The molecule has 0 unspecified atom stereocenters. The number of rotatable bonds is 13. The lowest BCUT2D eigenvalue weighted by molar-refractivity contribution is 1.07. The largest absolute Gasteiger partial charge is 0.247 e. The first kappa shape index (κ1) is 63.8. The summed E-state index contributed by atoms with van der Waals surface area (Å²) in [6.45, 7) is 0. The van der Waals surface area contributed by atoms with Crippen LogP contribution >= 0.6 is 0 Å². The lowest BCUT2D eigenvalue weighted by Gasteiger charge is -2.14. The Kier molecular flexibility index (Phi) is 17.2. The maximum atomic E-state index is 5.14. The van der Waals surface area contributed by atoms with Gasteiger partial charge in [0.2, 0.25) is 0 Å². The highest BCUT2D eigenvalue weighted by Gasteiger charge is 2.20. The van der Waals surface area contributed by atoms with E-state index in [0.717, 1.165) is 127 Å². The standard InChI is InChI=1S/C52H34N4.C46H30N4/c1-4-14-35(15-5-1)36-28-32-41(33-29-36)51-54-50(40-18-8-3-9-19-40)55-52(56-51)43-21-12-20-42(34-43)37-26-30-38(31-27-37)44-23-13-24-46-48(44)45-22-10-11-25-47(45)53-49(46)39-16-6-2-7-17-39;1-4-14-33(15-5-1)43-40-24-13-23-38(42(40)39-22-10-11-25-41(39)47-43)32-28-26-31(27-29-32)36-20-12-21-37(30-36)46-49-44(34-16-6-2-7-17-34)48-45(50-46)35-18-8-3-9-19-35/h1-34H;1-30H. The third-order valence-electron chi connectivity index (χ3n) is 19.5. The molecule has 0 radical (unpaired) electrons. The summed E-state index contributed by atoms with van der Waals surface area (Å²) >= 11 is 0. The molecular weight excluding hydrogens is 1290 g/mol. The zero-order valence-electron chi connectivity index (χ0n) is 57.5. The molecule has 0 N–H and O–H groups in total. The van der Waals surface area contributed by atoms with Crippen molar-refractivity contribution < 1.29 is 0 Å². The summed E-state index contributed by atoms with van der Waals surface area (Å²) < 4.78 is 0. The molecule has 0 atom stereocenters. The molecule has 496 valence electrons. The highest BCUT2D eigenvalue weighted by molar-refractivity contribution is 6.18. The third kappa shape index (κ3) is 12.9. The number of pyridine rings is 2. The van der Waals surface area contributed by atoms with Gasteiger partial charge < -0.3 is 0 Å².